The smallest absolute Gasteiger partial charge is 0.279 e. The number of thiazole rings is 1. The van der Waals surface area contributed by atoms with Crippen molar-refractivity contribution in [2.24, 2.45) is 4.99 Å². The van der Waals surface area contributed by atoms with Crippen molar-refractivity contribution in [2.45, 2.75) is 0 Å². The van der Waals surface area contributed by atoms with Crippen LogP contribution in [-0.2, 0) is 4.79 Å². The molecule has 2 aromatic rings. The fourth-order valence-corrected chi connectivity index (χ4v) is 3.41. The molecule has 1 aliphatic rings. The van der Waals surface area contributed by atoms with E-state index in [1.165, 1.54) is 11.3 Å². The van der Waals surface area contributed by atoms with Gasteiger partial charge in [-0.2, -0.15) is 0 Å². The zero-order valence-electron chi connectivity index (χ0n) is 8.73. The molecule has 0 atom stereocenters. The summed E-state index contributed by atoms with van der Waals surface area (Å²) >= 11 is 8.31. The predicted octanol–water partition coefficient (Wildman–Crippen LogP) is 1.47. The monoisotopic (exact) mass is 388 g/mol. The normalized spacial score (nSPS) is 13.6. The highest BCUT2D eigenvalue weighted by atomic mass is 127. The van der Waals surface area contributed by atoms with Crippen LogP contribution in [0.25, 0.3) is 5.57 Å². The number of halogens is 1. The number of aromatic hydroxyl groups is 1. The summed E-state index contributed by atoms with van der Waals surface area (Å²) < 4.78 is 1.44. The number of carbonyl (C=O) groups is 1. The van der Waals surface area contributed by atoms with E-state index >= 15 is 0 Å². The SMILES string of the molecule is O=C1N=c2ccc(I)cc2=C1c1sc(=S)[nH]c1O. The molecule has 0 unspecified atom stereocenters. The molecule has 0 aliphatic carbocycles. The van der Waals surface area contributed by atoms with Gasteiger partial charge in [0.15, 0.2) is 3.95 Å². The Kier molecular flexibility index (Phi) is 2.83. The van der Waals surface area contributed by atoms with Crippen molar-refractivity contribution in [2.75, 3.05) is 0 Å². The molecule has 90 valence electrons. The van der Waals surface area contributed by atoms with Crippen LogP contribution < -0.4 is 10.6 Å². The van der Waals surface area contributed by atoms with Crippen molar-refractivity contribution >= 4 is 57.6 Å². The van der Waals surface area contributed by atoms with Crippen molar-refractivity contribution in [3.8, 4) is 5.88 Å². The van der Waals surface area contributed by atoms with Crippen molar-refractivity contribution in [1.29, 1.82) is 0 Å². The van der Waals surface area contributed by atoms with E-state index < -0.39 is 0 Å². The lowest BCUT2D eigenvalue weighted by Crippen LogP contribution is -2.23. The lowest BCUT2D eigenvalue weighted by Gasteiger charge is -1.96. The Morgan fingerprint density at radius 2 is 2.22 bits per heavy atom. The van der Waals surface area contributed by atoms with Gasteiger partial charge >= 0.3 is 0 Å². The topological polar surface area (TPSA) is 65.5 Å². The molecule has 4 nitrogen and oxygen atoms in total. The summed E-state index contributed by atoms with van der Waals surface area (Å²) in [5.74, 6) is -0.414. The van der Waals surface area contributed by atoms with Crippen molar-refractivity contribution in [3.63, 3.8) is 0 Å². The van der Waals surface area contributed by atoms with E-state index in [-0.39, 0.29) is 11.8 Å². The highest BCUT2D eigenvalue weighted by Crippen LogP contribution is 2.29. The van der Waals surface area contributed by atoms with E-state index in [2.05, 4.69) is 32.6 Å². The minimum atomic E-state index is -0.340. The third-order valence-corrected chi connectivity index (χ3v) is 4.43. The third-order valence-electron chi connectivity index (χ3n) is 2.52. The molecule has 2 heterocycles. The van der Waals surface area contributed by atoms with Gasteiger partial charge in [0.1, 0.15) is 4.88 Å². The van der Waals surface area contributed by atoms with Crippen LogP contribution in [0, 0.1) is 7.52 Å². The molecule has 2 N–H and O–H groups in total. The summed E-state index contributed by atoms with van der Waals surface area (Å²) in [7, 11) is 0. The predicted molar refractivity (Wildman–Crippen MR) is 78.6 cm³/mol. The van der Waals surface area contributed by atoms with Crippen molar-refractivity contribution in [1.82, 2.24) is 4.98 Å². The standard InChI is InChI=1S/C11H5IN2O2S2/c12-4-1-2-6-5(3-4)7(9(15)13-6)8-10(16)14-11(17)18-8/h1-3,16H,(H,14,17). The molecule has 1 aromatic carbocycles. The molecule has 0 fully saturated rings. The minimum absolute atomic E-state index is 0.0738. The number of rotatable bonds is 1. The first-order valence-corrected chi connectivity index (χ1v) is 7.22. The second-order valence-electron chi connectivity index (χ2n) is 3.65. The molecule has 3 rings (SSSR count). The van der Waals surface area contributed by atoms with Crippen LogP contribution in [0.1, 0.15) is 4.88 Å². The van der Waals surface area contributed by atoms with Crippen LogP contribution in [0.3, 0.4) is 0 Å². The van der Waals surface area contributed by atoms with Gasteiger partial charge in [-0.1, -0.05) is 0 Å². The number of hydrogen-bond acceptors (Lipinski definition) is 4. The number of hydrogen-bond donors (Lipinski definition) is 2. The lowest BCUT2D eigenvalue weighted by molar-refractivity contribution is -0.112. The molecule has 0 spiro atoms. The molecule has 0 radical (unpaired) electrons. The number of aromatic nitrogens is 1. The van der Waals surface area contributed by atoms with E-state index in [0.29, 0.717) is 19.8 Å². The van der Waals surface area contributed by atoms with E-state index in [1.807, 2.05) is 12.1 Å². The minimum Gasteiger partial charge on any atom is -0.494 e. The first-order chi connectivity index (χ1) is 8.56. The van der Waals surface area contributed by atoms with Crippen LogP contribution >= 0.6 is 46.1 Å². The Morgan fingerprint density at radius 1 is 1.44 bits per heavy atom. The van der Waals surface area contributed by atoms with Gasteiger partial charge in [-0.05, 0) is 53.0 Å². The molecule has 1 aliphatic heterocycles. The van der Waals surface area contributed by atoms with Gasteiger partial charge in [-0.3, -0.25) is 4.79 Å². The second kappa shape index (κ2) is 4.25. The van der Waals surface area contributed by atoms with Crippen molar-refractivity contribution in [3.05, 3.63) is 41.2 Å². The maximum atomic E-state index is 11.9. The van der Waals surface area contributed by atoms with Gasteiger partial charge in [-0.25, -0.2) is 4.99 Å². The van der Waals surface area contributed by atoms with Gasteiger partial charge in [-0.15, -0.1) is 11.3 Å². The summed E-state index contributed by atoms with van der Waals surface area (Å²) in [5, 5.41) is 11.2. The average molecular weight is 388 g/mol. The van der Waals surface area contributed by atoms with Crippen molar-refractivity contribution < 1.29 is 9.90 Å². The fourth-order valence-electron chi connectivity index (χ4n) is 1.80. The molecule has 0 saturated heterocycles. The van der Waals surface area contributed by atoms with Crippen LogP contribution in [0.15, 0.2) is 23.2 Å². The zero-order chi connectivity index (χ0) is 12.9. The highest BCUT2D eigenvalue weighted by molar-refractivity contribution is 14.1. The fraction of sp³-hybridized carbons (Fsp3) is 0. The summed E-state index contributed by atoms with van der Waals surface area (Å²) in [6.07, 6.45) is 0. The maximum absolute atomic E-state index is 11.9. The number of amides is 1. The van der Waals surface area contributed by atoms with Gasteiger partial charge < -0.3 is 10.1 Å². The number of benzene rings is 1. The Balaban J connectivity index is 2.45. The summed E-state index contributed by atoms with van der Waals surface area (Å²) in [6.45, 7) is 0. The summed E-state index contributed by atoms with van der Waals surface area (Å²) in [6, 6.07) is 5.56. The Labute approximate surface area is 124 Å². The van der Waals surface area contributed by atoms with Gasteiger partial charge in [0.2, 0.25) is 5.88 Å². The first-order valence-electron chi connectivity index (χ1n) is 4.91. The Bertz CT molecular complexity index is 851. The molecule has 1 amide bonds. The van der Waals surface area contributed by atoms with E-state index in [1.54, 1.807) is 6.07 Å². The molecule has 7 heteroatoms. The van der Waals surface area contributed by atoms with Gasteiger partial charge in [0.25, 0.3) is 5.91 Å². The largest absolute Gasteiger partial charge is 0.494 e. The Morgan fingerprint density at radius 3 is 2.89 bits per heavy atom. The Hall–Kier alpha value is -1.06. The third kappa shape index (κ3) is 1.82. The van der Waals surface area contributed by atoms with Crippen LogP contribution in [0.2, 0.25) is 0 Å². The summed E-state index contributed by atoms with van der Waals surface area (Å²) in [4.78, 5) is 19.0. The van der Waals surface area contributed by atoms with Crippen LogP contribution in [0.4, 0.5) is 0 Å². The zero-order valence-corrected chi connectivity index (χ0v) is 12.5. The number of carbonyl (C=O) groups excluding carboxylic acids is 1. The van der Waals surface area contributed by atoms with E-state index in [4.69, 9.17) is 12.2 Å². The summed E-state index contributed by atoms with van der Waals surface area (Å²) in [5.41, 5.74) is 0.415. The number of nitrogens with zero attached hydrogens (tertiary/aromatic N) is 1. The average Bonchev–Trinajstić information content (AvgIpc) is 2.77. The first kappa shape index (κ1) is 12.0. The van der Waals surface area contributed by atoms with E-state index in [0.717, 1.165) is 8.79 Å². The number of aromatic amines is 1. The number of fused-ring (bicyclic) bond motifs is 1. The highest BCUT2D eigenvalue weighted by Gasteiger charge is 2.23. The molecule has 18 heavy (non-hydrogen) atoms. The van der Waals surface area contributed by atoms with Crippen LogP contribution in [-0.4, -0.2) is 16.0 Å². The molecule has 0 bridgehead atoms. The van der Waals surface area contributed by atoms with E-state index in [9.17, 15) is 9.90 Å². The quantitative estimate of drug-likeness (QED) is 0.575. The van der Waals surface area contributed by atoms with Crippen LogP contribution in [0.5, 0.6) is 5.88 Å². The van der Waals surface area contributed by atoms with Gasteiger partial charge in [0, 0.05) is 8.79 Å². The van der Waals surface area contributed by atoms with Gasteiger partial charge in [0.05, 0.1) is 10.9 Å². The molecular formula is C11H5IN2O2S2. The molecular weight excluding hydrogens is 383 g/mol. The number of H-pyrrole nitrogens is 1. The number of nitrogens with one attached hydrogen (secondary N) is 1. The molecule has 1 aromatic heterocycles. The maximum Gasteiger partial charge on any atom is 0.279 e. The lowest BCUT2D eigenvalue weighted by atomic mass is 10.1. The second-order valence-corrected chi connectivity index (χ2v) is 6.58. The molecule has 0 saturated carbocycles.